The second-order valence-electron chi connectivity index (χ2n) is 3.72. The van der Waals surface area contributed by atoms with E-state index in [0.717, 1.165) is 0 Å². The zero-order valence-corrected chi connectivity index (χ0v) is 9.00. The third kappa shape index (κ3) is 3.97. The molecular weight excluding hydrogens is 193 g/mol. The molecule has 3 N–H and O–H groups in total. The Morgan fingerprint density at radius 3 is 2.73 bits per heavy atom. The van der Waals surface area contributed by atoms with Gasteiger partial charge in [0.1, 0.15) is 5.82 Å². The normalized spacial score (nSPS) is 11.9. The van der Waals surface area contributed by atoms with Crippen molar-refractivity contribution in [2.24, 2.45) is 16.6 Å². The lowest BCUT2D eigenvalue weighted by Gasteiger charge is -2.07. The van der Waals surface area contributed by atoms with E-state index in [-0.39, 0.29) is 11.8 Å². The van der Waals surface area contributed by atoms with E-state index in [1.165, 1.54) is 6.07 Å². The van der Waals surface area contributed by atoms with Gasteiger partial charge in [0.2, 0.25) is 0 Å². The molecular formula is C11H16FN3. The van der Waals surface area contributed by atoms with Gasteiger partial charge < -0.3 is 11.1 Å². The van der Waals surface area contributed by atoms with Gasteiger partial charge in [-0.1, -0.05) is 26.0 Å². The third-order valence-electron chi connectivity index (χ3n) is 1.76. The van der Waals surface area contributed by atoms with Gasteiger partial charge in [-0.25, -0.2) is 4.39 Å². The van der Waals surface area contributed by atoms with Gasteiger partial charge in [0.25, 0.3) is 0 Å². The van der Waals surface area contributed by atoms with Crippen LogP contribution in [0.15, 0.2) is 29.3 Å². The van der Waals surface area contributed by atoms with Gasteiger partial charge in [0, 0.05) is 6.54 Å². The Kier molecular flexibility index (Phi) is 4.09. The van der Waals surface area contributed by atoms with E-state index >= 15 is 0 Å². The minimum Gasteiger partial charge on any atom is -0.370 e. The highest BCUT2D eigenvalue weighted by Gasteiger charge is 2.01. The average Bonchev–Trinajstić information content (AvgIpc) is 2.18. The maximum Gasteiger partial charge on any atom is 0.193 e. The molecule has 0 saturated carbocycles. The number of hydrogen-bond donors (Lipinski definition) is 2. The smallest absolute Gasteiger partial charge is 0.193 e. The molecule has 0 fully saturated rings. The van der Waals surface area contributed by atoms with Crippen molar-refractivity contribution >= 4 is 11.6 Å². The Bertz CT molecular complexity index is 347. The predicted octanol–water partition coefficient (Wildman–Crippen LogP) is 2.21. The summed E-state index contributed by atoms with van der Waals surface area (Å²) < 4.78 is 13.2. The van der Waals surface area contributed by atoms with Crippen molar-refractivity contribution in [1.29, 1.82) is 0 Å². The van der Waals surface area contributed by atoms with E-state index in [4.69, 9.17) is 5.73 Å². The molecule has 4 heteroatoms. The molecule has 1 rings (SSSR count). The maximum absolute atomic E-state index is 13.2. The van der Waals surface area contributed by atoms with Crippen LogP contribution in [0, 0.1) is 11.7 Å². The topological polar surface area (TPSA) is 50.4 Å². The monoisotopic (exact) mass is 209 g/mol. The maximum atomic E-state index is 13.2. The summed E-state index contributed by atoms with van der Waals surface area (Å²) in [7, 11) is 0. The number of halogens is 1. The van der Waals surface area contributed by atoms with E-state index in [1.54, 1.807) is 18.2 Å². The summed E-state index contributed by atoms with van der Waals surface area (Å²) in [6, 6.07) is 6.36. The van der Waals surface area contributed by atoms with E-state index in [0.29, 0.717) is 18.2 Å². The number of benzene rings is 1. The van der Waals surface area contributed by atoms with E-state index < -0.39 is 0 Å². The molecule has 0 unspecified atom stereocenters. The van der Waals surface area contributed by atoms with Crippen molar-refractivity contribution in [3.63, 3.8) is 0 Å². The van der Waals surface area contributed by atoms with Gasteiger partial charge in [0.15, 0.2) is 5.96 Å². The van der Waals surface area contributed by atoms with Gasteiger partial charge in [-0.3, -0.25) is 4.99 Å². The standard InChI is InChI=1S/C11H16FN3/c1-8(2)7-14-11(13)15-10-6-4-3-5-9(10)12/h3-6,8H,7H2,1-2H3,(H3,13,14,15). The molecule has 15 heavy (non-hydrogen) atoms. The largest absolute Gasteiger partial charge is 0.370 e. The molecule has 0 heterocycles. The number of aliphatic imine (C=N–C) groups is 1. The summed E-state index contributed by atoms with van der Waals surface area (Å²) in [5.74, 6) is 0.347. The Balaban J connectivity index is 2.62. The summed E-state index contributed by atoms with van der Waals surface area (Å²) >= 11 is 0. The number of nitrogens with zero attached hydrogens (tertiary/aromatic N) is 1. The highest BCUT2D eigenvalue weighted by atomic mass is 19.1. The van der Waals surface area contributed by atoms with E-state index in [9.17, 15) is 4.39 Å². The number of para-hydroxylation sites is 1. The van der Waals surface area contributed by atoms with Crippen LogP contribution in [-0.2, 0) is 0 Å². The van der Waals surface area contributed by atoms with Crippen molar-refractivity contribution in [1.82, 2.24) is 0 Å². The molecule has 0 aromatic heterocycles. The molecule has 0 spiro atoms. The summed E-state index contributed by atoms with van der Waals surface area (Å²) in [6.07, 6.45) is 0. The zero-order chi connectivity index (χ0) is 11.3. The average molecular weight is 209 g/mol. The van der Waals surface area contributed by atoms with Crippen molar-refractivity contribution in [3.05, 3.63) is 30.1 Å². The first kappa shape index (κ1) is 11.5. The van der Waals surface area contributed by atoms with Crippen molar-refractivity contribution < 1.29 is 4.39 Å². The molecule has 0 aliphatic heterocycles. The predicted molar refractivity (Wildman–Crippen MR) is 61.4 cm³/mol. The highest BCUT2D eigenvalue weighted by molar-refractivity contribution is 5.92. The molecule has 1 aromatic carbocycles. The number of hydrogen-bond acceptors (Lipinski definition) is 1. The second-order valence-corrected chi connectivity index (χ2v) is 3.72. The van der Waals surface area contributed by atoms with Crippen molar-refractivity contribution in [2.75, 3.05) is 11.9 Å². The molecule has 0 radical (unpaired) electrons. The fourth-order valence-electron chi connectivity index (χ4n) is 1.02. The van der Waals surface area contributed by atoms with Crippen LogP contribution in [0.5, 0.6) is 0 Å². The van der Waals surface area contributed by atoms with Gasteiger partial charge >= 0.3 is 0 Å². The van der Waals surface area contributed by atoms with Gasteiger partial charge in [-0.15, -0.1) is 0 Å². The molecule has 0 bridgehead atoms. The van der Waals surface area contributed by atoms with Crippen molar-refractivity contribution in [2.45, 2.75) is 13.8 Å². The van der Waals surface area contributed by atoms with Crippen LogP contribution in [0.2, 0.25) is 0 Å². The summed E-state index contributed by atoms with van der Waals surface area (Å²) in [4.78, 5) is 4.08. The first-order valence-electron chi connectivity index (χ1n) is 4.91. The number of rotatable bonds is 3. The molecule has 0 saturated heterocycles. The molecule has 0 atom stereocenters. The number of nitrogens with one attached hydrogen (secondary N) is 1. The first-order valence-corrected chi connectivity index (χ1v) is 4.91. The highest BCUT2D eigenvalue weighted by Crippen LogP contribution is 2.11. The van der Waals surface area contributed by atoms with Gasteiger partial charge in [0.05, 0.1) is 5.69 Å². The molecule has 0 aliphatic carbocycles. The molecule has 0 aliphatic rings. The fraction of sp³-hybridized carbons (Fsp3) is 0.364. The van der Waals surface area contributed by atoms with Crippen molar-refractivity contribution in [3.8, 4) is 0 Å². The third-order valence-corrected chi connectivity index (χ3v) is 1.76. The molecule has 0 amide bonds. The lowest BCUT2D eigenvalue weighted by Crippen LogP contribution is -2.24. The summed E-state index contributed by atoms with van der Waals surface area (Å²) in [5.41, 5.74) is 5.94. The summed E-state index contributed by atoms with van der Waals surface area (Å²) in [6.45, 7) is 4.72. The lowest BCUT2D eigenvalue weighted by atomic mass is 10.2. The number of guanidine groups is 1. The first-order chi connectivity index (χ1) is 7.09. The number of anilines is 1. The molecule has 82 valence electrons. The zero-order valence-electron chi connectivity index (χ0n) is 9.00. The van der Waals surface area contributed by atoms with Crippen LogP contribution in [0.4, 0.5) is 10.1 Å². The van der Waals surface area contributed by atoms with Crippen LogP contribution in [0.1, 0.15) is 13.8 Å². The molecule has 1 aromatic rings. The van der Waals surface area contributed by atoms with E-state index in [2.05, 4.69) is 10.3 Å². The Morgan fingerprint density at radius 1 is 1.47 bits per heavy atom. The Hall–Kier alpha value is -1.58. The van der Waals surface area contributed by atoms with Crippen LogP contribution < -0.4 is 11.1 Å². The van der Waals surface area contributed by atoms with Gasteiger partial charge in [-0.2, -0.15) is 0 Å². The van der Waals surface area contributed by atoms with Crippen LogP contribution in [0.25, 0.3) is 0 Å². The number of nitrogens with two attached hydrogens (primary N) is 1. The summed E-state index contributed by atoms with van der Waals surface area (Å²) in [5, 5.41) is 2.72. The SMILES string of the molecule is CC(C)CN=C(N)Nc1ccccc1F. The Labute approximate surface area is 89.2 Å². The van der Waals surface area contributed by atoms with Crippen LogP contribution >= 0.6 is 0 Å². The van der Waals surface area contributed by atoms with Crippen LogP contribution in [-0.4, -0.2) is 12.5 Å². The minimum atomic E-state index is -0.333. The van der Waals surface area contributed by atoms with E-state index in [1.807, 2.05) is 13.8 Å². The van der Waals surface area contributed by atoms with Gasteiger partial charge in [-0.05, 0) is 18.1 Å². The van der Waals surface area contributed by atoms with Crippen LogP contribution in [0.3, 0.4) is 0 Å². The quantitative estimate of drug-likeness (QED) is 0.592. The second kappa shape index (κ2) is 5.34. The fourth-order valence-corrected chi connectivity index (χ4v) is 1.02. The lowest BCUT2D eigenvalue weighted by molar-refractivity contribution is 0.632. The minimum absolute atomic E-state index is 0.244. The Morgan fingerprint density at radius 2 is 2.13 bits per heavy atom. The molecule has 3 nitrogen and oxygen atoms in total.